The Balaban J connectivity index is 0.942. The molecule has 3 N–H and O–H groups in total. The van der Waals surface area contributed by atoms with Crippen LogP contribution in [0.2, 0.25) is 0 Å². The molecule has 9 heterocycles. The van der Waals surface area contributed by atoms with E-state index < -0.39 is 54.4 Å². The highest BCUT2D eigenvalue weighted by Gasteiger charge is 2.50. The highest BCUT2D eigenvalue weighted by molar-refractivity contribution is 5.95. The van der Waals surface area contributed by atoms with Gasteiger partial charge in [-0.3, -0.25) is 39.0 Å². The number of methoxy groups -OCH3 is 1. The maximum absolute atomic E-state index is 15.2. The van der Waals surface area contributed by atoms with Crippen LogP contribution in [0.15, 0.2) is 30.5 Å². The van der Waals surface area contributed by atoms with Crippen LogP contribution < -0.4 is 25.9 Å². The van der Waals surface area contributed by atoms with Gasteiger partial charge in [0.05, 0.1) is 60.8 Å². The van der Waals surface area contributed by atoms with Crippen molar-refractivity contribution < 1.29 is 46.6 Å². The Morgan fingerprint density at radius 2 is 1.72 bits per heavy atom. The Labute approximate surface area is 455 Å². The second-order valence-corrected chi connectivity index (χ2v) is 24.9. The first-order chi connectivity index (χ1) is 37.3. The summed E-state index contributed by atoms with van der Waals surface area (Å²) in [4.78, 5) is 73.1. The number of halogens is 3. The molecule has 1 saturated carbocycles. The number of carbonyl (C=O) groups is 4. The Kier molecular flexibility index (Phi) is 15.3. The molecule has 1 unspecified atom stereocenters. The number of pyridine rings is 1. The van der Waals surface area contributed by atoms with Crippen molar-refractivity contribution in [3.05, 3.63) is 41.7 Å². The third-order valence-electron chi connectivity index (χ3n) is 18.0. The summed E-state index contributed by atoms with van der Waals surface area (Å²) in [6.45, 7) is 16.7. The van der Waals surface area contributed by atoms with E-state index in [9.17, 15) is 19.2 Å². The zero-order chi connectivity index (χ0) is 54.8. The summed E-state index contributed by atoms with van der Waals surface area (Å²) in [6, 6.07) is 5.71. The molecular formula is C57H80F3N11O7. The molecule has 78 heavy (non-hydrogen) atoms. The van der Waals surface area contributed by atoms with Crippen LogP contribution in [0.5, 0.6) is 0 Å². The molecule has 18 nitrogen and oxygen atoms in total. The van der Waals surface area contributed by atoms with Crippen LogP contribution in [0.1, 0.15) is 96.9 Å². The van der Waals surface area contributed by atoms with Crippen molar-refractivity contribution in [1.29, 1.82) is 0 Å². The number of amides is 3. The van der Waals surface area contributed by atoms with Crippen LogP contribution in [-0.2, 0) is 46.4 Å². The highest BCUT2D eigenvalue weighted by atomic mass is 19.4. The summed E-state index contributed by atoms with van der Waals surface area (Å²) >= 11 is 0. The van der Waals surface area contributed by atoms with Gasteiger partial charge in [-0.05, 0) is 94.2 Å². The number of nitrogens with zero attached hydrogens (tertiary/aromatic N) is 8. The lowest BCUT2D eigenvalue weighted by Gasteiger charge is -2.39. The predicted octanol–water partition coefficient (Wildman–Crippen LogP) is 4.88. The first-order valence-corrected chi connectivity index (χ1v) is 28.7. The SMILES string of the molecule is CO[C@@H](C)c1ncc(N2CCN(C3CC3)CC2)cc1-c1c2c3cc(ccc3n1CC(F)(F)F)N1CCO[C@@H](C[C@H](NC(=O)C(C(C)C)N3CC[C@]4(CCN(C(=O)[C@H]5CN5)C4)C3)C(=O)N3CCC[C@H](N3)C(=O)OCC(C)(C)C2)C1. The van der Waals surface area contributed by atoms with Gasteiger partial charge in [0.2, 0.25) is 11.8 Å². The van der Waals surface area contributed by atoms with Gasteiger partial charge in [0.1, 0.15) is 18.6 Å². The van der Waals surface area contributed by atoms with E-state index in [1.807, 2.05) is 63.9 Å². The number of esters is 1. The normalized spacial score (nSPS) is 28.3. The summed E-state index contributed by atoms with van der Waals surface area (Å²) < 4.78 is 65.5. The third-order valence-corrected chi connectivity index (χ3v) is 18.0. The number of hydrogen-bond acceptors (Lipinski definition) is 14. The lowest BCUT2D eigenvalue weighted by Crippen LogP contribution is -2.62. The number of piperazine rings is 1. The molecule has 1 aliphatic carbocycles. The second-order valence-electron chi connectivity index (χ2n) is 24.9. The van der Waals surface area contributed by atoms with E-state index in [1.54, 1.807) is 13.2 Å². The van der Waals surface area contributed by atoms with Crippen LogP contribution in [0.25, 0.3) is 22.2 Å². The van der Waals surface area contributed by atoms with Crippen molar-refractivity contribution in [2.24, 2.45) is 16.7 Å². The summed E-state index contributed by atoms with van der Waals surface area (Å²) in [5.41, 5.74) is 6.45. The molecule has 1 spiro atoms. The smallest absolute Gasteiger partial charge is 0.406 e. The minimum atomic E-state index is -4.59. The van der Waals surface area contributed by atoms with Gasteiger partial charge in [-0.1, -0.05) is 27.7 Å². The summed E-state index contributed by atoms with van der Waals surface area (Å²) in [5, 5.41) is 8.43. The number of likely N-dealkylation sites (tertiary alicyclic amines) is 2. The predicted molar refractivity (Wildman–Crippen MR) is 289 cm³/mol. The molecule has 11 rings (SSSR count). The fourth-order valence-corrected chi connectivity index (χ4v) is 13.5. The number of rotatable bonds is 11. The Morgan fingerprint density at radius 3 is 2.44 bits per heavy atom. The van der Waals surface area contributed by atoms with Crippen molar-refractivity contribution in [3.8, 4) is 11.3 Å². The molecule has 6 bridgehead atoms. The molecule has 7 atom stereocenters. The number of anilines is 2. The van der Waals surface area contributed by atoms with E-state index in [4.69, 9.17) is 19.2 Å². The molecule has 6 saturated heterocycles. The van der Waals surface area contributed by atoms with E-state index in [0.29, 0.717) is 111 Å². The molecule has 21 heteroatoms. The molecule has 7 aliphatic heterocycles. The van der Waals surface area contributed by atoms with Crippen molar-refractivity contribution >= 4 is 46.0 Å². The average Bonchev–Trinajstić information content (AvgIpc) is 4.55. The van der Waals surface area contributed by atoms with Gasteiger partial charge in [0, 0.05) is 125 Å². The first-order valence-electron chi connectivity index (χ1n) is 28.7. The van der Waals surface area contributed by atoms with Gasteiger partial charge in [-0.25, -0.2) is 5.43 Å². The maximum atomic E-state index is 15.2. The van der Waals surface area contributed by atoms with Crippen LogP contribution >= 0.6 is 0 Å². The summed E-state index contributed by atoms with van der Waals surface area (Å²) in [5.74, 6) is -1.15. The van der Waals surface area contributed by atoms with Gasteiger partial charge in [0.25, 0.3) is 5.91 Å². The molecule has 8 aliphatic rings. The van der Waals surface area contributed by atoms with Crippen LogP contribution in [0.3, 0.4) is 0 Å². The van der Waals surface area contributed by atoms with Crippen molar-refractivity contribution in [2.45, 2.75) is 141 Å². The van der Waals surface area contributed by atoms with Crippen LogP contribution in [0, 0.1) is 16.7 Å². The van der Waals surface area contributed by atoms with Crippen LogP contribution in [0.4, 0.5) is 24.5 Å². The monoisotopic (exact) mass is 1090 g/mol. The fraction of sp³-hybridized carbons (Fsp3) is 0.702. The van der Waals surface area contributed by atoms with Crippen molar-refractivity contribution in [2.75, 3.05) is 109 Å². The number of cyclic esters (lactones) is 1. The fourth-order valence-electron chi connectivity index (χ4n) is 13.5. The van der Waals surface area contributed by atoms with E-state index in [1.165, 1.54) is 22.4 Å². The zero-order valence-electron chi connectivity index (χ0n) is 46.3. The number of fused-ring (bicyclic) bond motifs is 6. The number of hydrogen-bond donors (Lipinski definition) is 3. The van der Waals surface area contributed by atoms with Gasteiger partial charge < -0.3 is 44.1 Å². The average molecular weight is 1090 g/mol. The summed E-state index contributed by atoms with van der Waals surface area (Å²) in [6.07, 6.45) is 1.59. The second kappa shape index (κ2) is 21.8. The summed E-state index contributed by atoms with van der Waals surface area (Å²) in [7, 11) is 1.58. The van der Waals surface area contributed by atoms with E-state index in [2.05, 4.69) is 35.7 Å². The first kappa shape index (κ1) is 54.9. The lowest BCUT2D eigenvalue weighted by atomic mass is 9.84. The van der Waals surface area contributed by atoms with Gasteiger partial charge >= 0.3 is 12.1 Å². The number of alkyl halides is 3. The van der Waals surface area contributed by atoms with E-state index >= 15 is 13.2 Å². The molecule has 426 valence electrons. The Bertz CT molecular complexity index is 2740. The van der Waals surface area contributed by atoms with Gasteiger partial charge in [0.15, 0.2) is 0 Å². The third kappa shape index (κ3) is 11.6. The van der Waals surface area contributed by atoms with Crippen molar-refractivity contribution in [3.63, 3.8) is 0 Å². The van der Waals surface area contributed by atoms with Crippen LogP contribution in [-0.4, -0.2) is 194 Å². The largest absolute Gasteiger partial charge is 0.464 e. The number of carbonyl (C=O) groups excluding carboxylic acids is 4. The van der Waals surface area contributed by atoms with Crippen molar-refractivity contribution in [1.82, 2.24) is 45.3 Å². The standard InChI is InChI=1S/C57H80F3N11O7/c1-35(2)49(68-16-13-56(31-68)14-17-69(32-56)52(73)46-29-61-46)51(72)63-45-26-40-30-67(22-23-77-40)38-11-12-47-41(24-38)43(27-55(4,5)34-78-54(75)44-8-7-15-71(64-44)53(45)74)50(70(47)33-57(58,59)60)42-25-39(28-62-48(42)36(3)76-6)66-20-18-65(19-21-66)37-9-10-37/h11-12,24-25,28,35-37,40,44-46,49,61,64H,7-10,13-23,26-27,29-34H2,1-6H3,(H,63,72)/t36-,40-,44-,45-,46+,49?,56-/m0/s1. The van der Waals surface area contributed by atoms with Gasteiger partial charge in [-0.2, -0.15) is 13.2 Å². The molecular weight excluding hydrogens is 1010 g/mol. The number of nitrogens with one attached hydrogen (secondary N) is 3. The minimum absolute atomic E-state index is 0.0573. The van der Waals surface area contributed by atoms with Gasteiger partial charge in [-0.15, -0.1) is 0 Å². The molecule has 7 fully saturated rings. The quantitative estimate of drug-likeness (QED) is 0.175. The number of hydrazine groups is 1. The molecule has 0 radical (unpaired) electrons. The topological polar surface area (TPSA) is 179 Å². The van der Waals surface area contributed by atoms with E-state index in [-0.39, 0.29) is 54.5 Å². The molecule has 1 aromatic carbocycles. The molecule has 2 aromatic heterocycles. The number of ether oxygens (including phenoxy) is 3. The Morgan fingerprint density at radius 1 is 0.949 bits per heavy atom. The Hall–Kier alpha value is -5.06. The molecule has 3 amide bonds. The number of benzene rings is 1. The lowest BCUT2D eigenvalue weighted by molar-refractivity contribution is -0.156. The van der Waals surface area contributed by atoms with E-state index in [0.717, 1.165) is 50.4 Å². The molecule has 3 aromatic rings. The highest BCUT2D eigenvalue weighted by Crippen LogP contribution is 2.45. The number of aromatic nitrogens is 2. The zero-order valence-corrected chi connectivity index (χ0v) is 46.3. The minimum Gasteiger partial charge on any atom is -0.464 e. The maximum Gasteiger partial charge on any atom is 0.406 e. The number of morpholine rings is 1.